The van der Waals surface area contributed by atoms with E-state index in [1.165, 1.54) is 58.0 Å². The summed E-state index contributed by atoms with van der Waals surface area (Å²) in [6.07, 6.45) is 11.0. The van der Waals surface area contributed by atoms with Crippen LogP contribution in [0.4, 0.5) is 4.79 Å². The number of nitrogens with zero attached hydrogens (tertiary/aromatic N) is 2. The summed E-state index contributed by atoms with van der Waals surface area (Å²) in [5.41, 5.74) is 0. The zero-order valence-corrected chi connectivity index (χ0v) is 17.5. The molecule has 2 aliphatic carbocycles. The summed E-state index contributed by atoms with van der Waals surface area (Å²) in [4.78, 5) is 17.6. The summed E-state index contributed by atoms with van der Waals surface area (Å²) < 4.78 is 6.13. The molecule has 26 heavy (non-hydrogen) atoms. The second kappa shape index (κ2) is 8.95. The van der Waals surface area contributed by atoms with E-state index >= 15 is 0 Å². The van der Waals surface area contributed by atoms with E-state index in [0.717, 1.165) is 12.8 Å². The number of carbonyl (C=O) groups is 1. The van der Waals surface area contributed by atoms with Gasteiger partial charge in [-0.05, 0) is 69.4 Å². The van der Waals surface area contributed by atoms with Crippen LogP contribution in [0.3, 0.4) is 0 Å². The van der Waals surface area contributed by atoms with Crippen molar-refractivity contribution in [1.82, 2.24) is 9.80 Å². The minimum absolute atomic E-state index is 0.0779. The van der Waals surface area contributed by atoms with Crippen LogP contribution in [0.5, 0.6) is 0 Å². The molecule has 0 N–H and O–H groups in total. The second-order valence-corrected chi connectivity index (χ2v) is 9.52. The molecule has 1 aliphatic heterocycles. The Hall–Kier alpha value is -0.770. The van der Waals surface area contributed by atoms with Crippen LogP contribution in [0.2, 0.25) is 0 Å². The molecule has 3 aliphatic rings. The zero-order chi connectivity index (χ0) is 18.7. The highest BCUT2D eigenvalue weighted by Crippen LogP contribution is 2.36. The third-order valence-corrected chi connectivity index (χ3v) is 7.30. The van der Waals surface area contributed by atoms with Gasteiger partial charge in [0.15, 0.2) is 0 Å². The number of hydrogen-bond acceptors (Lipinski definition) is 3. The molecule has 0 radical (unpaired) electrons. The average Bonchev–Trinajstić information content (AvgIpc) is 3.15. The minimum Gasteiger partial charge on any atom is -0.446 e. The Bertz CT molecular complexity index is 461. The Kier molecular flexibility index (Phi) is 6.87. The van der Waals surface area contributed by atoms with Crippen molar-refractivity contribution in [1.29, 1.82) is 0 Å². The molecule has 1 saturated heterocycles. The molecular formula is C22H40N2O2. The summed E-state index contributed by atoms with van der Waals surface area (Å²) in [5, 5.41) is 0. The molecule has 150 valence electrons. The third kappa shape index (κ3) is 4.55. The number of rotatable bonds is 4. The lowest BCUT2D eigenvalue weighted by atomic mass is 9.75. The van der Waals surface area contributed by atoms with Crippen molar-refractivity contribution in [3.63, 3.8) is 0 Å². The van der Waals surface area contributed by atoms with Gasteiger partial charge in [-0.25, -0.2) is 4.79 Å². The first-order valence-corrected chi connectivity index (χ1v) is 11.1. The minimum atomic E-state index is -0.0779. The maximum atomic E-state index is 13.0. The molecule has 0 spiro atoms. The van der Waals surface area contributed by atoms with Crippen molar-refractivity contribution in [2.75, 3.05) is 20.1 Å². The first-order valence-electron chi connectivity index (χ1n) is 11.1. The lowest BCUT2D eigenvalue weighted by Gasteiger charge is -2.43. The quantitative estimate of drug-likeness (QED) is 0.709. The van der Waals surface area contributed by atoms with Gasteiger partial charge in [0.2, 0.25) is 0 Å². The molecule has 3 fully saturated rings. The predicted octanol–water partition coefficient (Wildman–Crippen LogP) is 4.92. The average molecular weight is 365 g/mol. The van der Waals surface area contributed by atoms with E-state index in [9.17, 15) is 4.79 Å². The zero-order valence-electron chi connectivity index (χ0n) is 17.5. The fourth-order valence-corrected chi connectivity index (χ4v) is 5.64. The van der Waals surface area contributed by atoms with Crippen LogP contribution in [-0.2, 0) is 4.74 Å². The van der Waals surface area contributed by atoms with Crippen LogP contribution in [0, 0.1) is 17.8 Å². The van der Waals surface area contributed by atoms with Gasteiger partial charge < -0.3 is 9.64 Å². The standard InChI is InChI=1S/C22H40N2O2/c1-16(2)18-12-11-17(3)15-21(18)26-22(25)23(4)19-9-5-6-10-20(19)24-13-7-8-14-24/h16-21H,5-15H2,1-4H3/t17?,18?,19-,20+,21?/m1/s1. The fourth-order valence-electron chi connectivity index (χ4n) is 5.64. The van der Waals surface area contributed by atoms with E-state index in [4.69, 9.17) is 4.74 Å². The van der Waals surface area contributed by atoms with Gasteiger partial charge in [-0.1, -0.05) is 40.0 Å². The van der Waals surface area contributed by atoms with E-state index in [1.54, 1.807) is 0 Å². The van der Waals surface area contributed by atoms with Gasteiger partial charge in [0.05, 0.1) is 6.04 Å². The molecule has 0 bridgehead atoms. The van der Waals surface area contributed by atoms with E-state index in [1.807, 2.05) is 11.9 Å². The normalized spacial score (nSPS) is 36.3. The van der Waals surface area contributed by atoms with E-state index < -0.39 is 0 Å². The number of likely N-dealkylation sites (N-methyl/N-ethyl adjacent to an activating group) is 1. The lowest BCUT2D eigenvalue weighted by molar-refractivity contribution is -0.0205. The predicted molar refractivity (Wildman–Crippen MR) is 106 cm³/mol. The van der Waals surface area contributed by atoms with Crippen LogP contribution in [-0.4, -0.2) is 54.2 Å². The van der Waals surface area contributed by atoms with Crippen LogP contribution in [0.15, 0.2) is 0 Å². The summed E-state index contributed by atoms with van der Waals surface area (Å²) in [7, 11) is 1.98. The van der Waals surface area contributed by atoms with Crippen LogP contribution in [0.25, 0.3) is 0 Å². The second-order valence-electron chi connectivity index (χ2n) is 9.52. The summed E-state index contributed by atoms with van der Waals surface area (Å²) in [6.45, 7) is 9.26. The highest BCUT2D eigenvalue weighted by Gasteiger charge is 2.38. The first kappa shape index (κ1) is 20.0. The number of ether oxygens (including phenoxy) is 1. The van der Waals surface area contributed by atoms with Crippen LogP contribution >= 0.6 is 0 Å². The monoisotopic (exact) mass is 364 g/mol. The summed E-state index contributed by atoms with van der Waals surface area (Å²) >= 11 is 0. The molecule has 4 nitrogen and oxygen atoms in total. The van der Waals surface area contributed by atoms with E-state index in [0.29, 0.717) is 29.8 Å². The molecule has 0 aromatic heterocycles. The molecule has 0 aromatic rings. The molecule has 0 aromatic carbocycles. The highest BCUT2D eigenvalue weighted by molar-refractivity contribution is 5.68. The van der Waals surface area contributed by atoms with Gasteiger partial charge in [-0.2, -0.15) is 0 Å². The van der Waals surface area contributed by atoms with Crippen molar-refractivity contribution in [2.24, 2.45) is 17.8 Å². The fraction of sp³-hybridized carbons (Fsp3) is 0.955. The third-order valence-electron chi connectivity index (χ3n) is 7.30. The smallest absolute Gasteiger partial charge is 0.410 e. The Balaban J connectivity index is 1.63. The van der Waals surface area contributed by atoms with Gasteiger partial charge >= 0.3 is 6.09 Å². The summed E-state index contributed by atoms with van der Waals surface area (Å²) in [6, 6.07) is 0.864. The van der Waals surface area contributed by atoms with Gasteiger partial charge in [0.1, 0.15) is 6.10 Å². The molecule has 2 saturated carbocycles. The van der Waals surface area contributed by atoms with Crippen molar-refractivity contribution in [2.45, 2.75) is 96.7 Å². The van der Waals surface area contributed by atoms with E-state index in [2.05, 4.69) is 25.7 Å². The molecule has 1 heterocycles. The molecule has 3 unspecified atom stereocenters. The SMILES string of the molecule is CC1CCC(C(C)C)C(OC(=O)N(C)[C@@H]2CCCC[C@@H]2N2CCCC2)C1. The van der Waals surface area contributed by atoms with Crippen molar-refractivity contribution < 1.29 is 9.53 Å². The number of likely N-dealkylation sites (tertiary alicyclic amines) is 1. The molecule has 3 rings (SSSR count). The first-order chi connectivity index (χ1) is 12.5. The maximum absolute atomic E-state index is 13.0. The van der Waals surface area contributed by atoms with Crippen molar-refractivity contribution >= 4 is 6.09 Å². The molecule has 4 heteroatoms. The van der Waals surface area contributed by atoms with Gasteiger partial charge in [0.25, 0.3) is 0 Å². The number of hydrogen-bond donors (Lipinski definition) is 0. The van der Waals surface area contributed by atoms with Crippen molar-refractivity contribution in [3.8, 4) is 0 Å². The van der Waals surface area contributed by atoms with Crippen LogP contribution < -0.4 is 0 Å². The number of carbonyl (C=O) groups excluding carboxylic acids is 1. The Morgan fingerprint density at radius 2 is 1.73 bits per heavy atom. The topological polar surface area (TPSA) is 32.8 Å². The van der Waals surface area contributed by atoms with E-state index in [-0.39, 0.29) is 12.2 Å². The molecule has 1 amide bonds. The largest absolute Gasteiger partial charge is 0.446 e. The lowest BCUT2D eigenvalue weighted by Crippen LogP contribution is -2.54. The van der Waals surface area contributed by atoms with Gasteiger partial charge in [-0.3, -0.25) is 4.90 Å². The van der Waals surface area contributed by atoms with Gasteiger partial charge in [-0.15, -0.1) is 0 Å². The molecular weight excluding hydrogens is 324 g/mol. The Morgan fingerprint density at radius 1 is 1.04 bits per heavy atom. The van der Waals surface area contributed by atoms with Gasteiger partial charge in [0, 0.05) is 13.1 Å². The van der Waals surface area contributed by atoms with Crippen LogP contribution in [0.1, 0.15) is 78.6 Å². The summed E-state index contributed by atoms with van der Waals surface area (Å²) in [5.74, 6) is 1.77. The number of amides is 1. The Morgan fingerprint density at radius 3 is 2.42 bits per heavy atom. The molecule has 5 atom stereocenters. The highest BCUT2D eigenvalue weighted by atomic mass is 16.6. The van der Waals surface area contributed by atoms with Crippen molar-refractivity contribution in [3.05, 3.63) is 0 Å². The Labute approximate surface area is 160 Å². The maximum Gasteiger partial charge on any atom is 0.410 e.